The molecular weight excluding hydrogens is 390 g/mol. The molecule has 0 unspecified atom stereocenters. The first kappa shape index (κ1) is 18.6. The summed E-state index contributed by atoms with van der Waals surface area (Å²) in [7, 11) is 0. The average molecular weight is 407 g/mol. The summed E-state index contributed by atoms with van der Waals surface area (Å²) in [6, 6.07) is 29.1. The van der Waals surface area contributed by atoms with Crippen molar-refractivity contribution in [3.8, 4) is 33.9 Å². The molecule has 6 heteroatoms. The van der Waals surface area contributed by atoms with Crippen molar-refractivity contribution in [1.82, 2.24) is 10.2 Å². The Balaban J connectivity index is 1.42. The molecule has 5 rings (SSSR count). The van der Waals surface area contributed by atoms with Crippen LogP contribution in [0.25, 0.3) is 33.9 Å². The quantitative estimate of drug-likeness (QED) is 0.391. The van der Waals surface area contributed by atoms with E-state index in [0.29, 0.717) is 11.3 Å². The molecule has 0 aliphatic heterocycles. The van der Waals surface area contributed by atoms with E-state index in [1.165, 1.54) is 6.26 Å². The van der Waals surface area contributed by atoms with Crippen LogP contribution in [0, 0.1) is 0 Å². The van der Waals surface area contributed by atoms with E-state index in [1.807, 2.05) is 54.6 Å². The number of nitrogens with one attached hydrogen (secondary N) is 1. The van der Waals surface area contributed by atoms with Gasteiger partial charge in [-0.25, -0.2) is 0 Å². The minimum atomic E-state index is -0.339. The zero-order valence-electron chi connectivity index (χ0n) is 16.4. The van der Waals surface area contributed by atoms with Gasteiger partial charge < -0.3 is 8.83 Å². The van der Waals surface area contributed by atoms with Crippen molar-refractivity contribution in [2.45, 2.75) is 0 Å². The molecule has 6 nitrogen and oxygen atoms in total. The Morgan fingerprint density at radius 3 is 2.26 bits per heavy atom. The van der Waals surface area contributed by atoms with Gasteiger partial charge in [-0.2, -0.15) is 0 Å². The van der Waals surface area contributed by atoms with Crippen molar-refractivity contribution in [1.29, 1.82) is 0 Å². The van der Waals surface area contributed by atoms with Crippen LogP contribution in [0.4, 0.5) is 6.01 Å². The van der Waals surface area contributed by atoms with Crippen molar-refractivity contribution >= 4 is 11.9 Å². The Bertz CT molecular complexity index is 1330. The molecule has 0 radical (unpaired) electrons. The molecule has 0 atom stereocenters. The zero-order valence-corrected chi connectivity index (χ0v) is 16.4. The van der Waals surface area contributed by atoms with Crippen LogP contribution in [0.5, 0.6) is 0 Å². The normalized spacial score (nSPS) is 10.7. The zero-order chi connectivity index (χ0) is 21.0. The average Bonchev–Trinajstić information content (AvgIpc) is 3.52. The lowest BCUT2D eigenvalue weighted by atomic mass is 9.94. The Morgan fingerprint density at radius 2 is 1.48 bits per heavy atom. The number of anilines is 1. The van der Waals surface area contributed by atoms with E-state index in [9.17, 15) is 4.79 Å². The first-order valence-electron chi connectivity index (χ1n) is 9.71. The third kappa shape index (κ3) is 3.86. The Morgan fingerprint density at radius 1 is 0.742 bits per heavy atom. The van der Waals surface area contributed by atoms with E-state index in [2.05, 4.69) is 33.7 Å². The predicted molar refractivity (Wildman–Crippen MR) is 117 cm³/mol. The Labute approximate surface area is 178 Å². The minimum absolute atomic E-state index is 0.00601. The first-order valence-corrected chi connectivity index (χ1v) is 9.71. The van der Waals surface area contributed by atoms with Crippen LogP contribution < -0.4 is 5.32 Å². The molecule has 2 heterocycles. The van der Waals surface area contributed by atoms with Crippen LogP contribution in [0.1, 0.15) is 10.4 Å². The second kappa shape index (κ2) is 8.12. The minimum Gasteiger partial charge on any atom is -0.459 e. The molecule has 0 aliphatic carbocycles. The van der Waals surface area contributed by atoms with Crippen LogP contribution in [-0.2, 0) is 0 Å². The number of carbonyl (C=O) groups excluding carboxylic acids is 1. The van der Waals surface area contributed by atoms with E-state index in [4.69, 9.17) is 8.83 Å². The van der Waals surface area contributed by atoms with Gasteiger partial charge in [-0.15, -0.1) is 5.10 Å². The third-order valence-corrected chi connectivity index (χ3v) is 4.83. The lowest BCUT2D eigenvalue weighted by Crippen LogP contribution is -2.12. The summed E-state index contributed by atoms with van der Waals surface area (Å²) in [5.74, 6) is 0.298. The number of amides is 1. The highest BCUT2D eigenvalue weighted by Crippen LogP contribution is 2.32. The molecule has 0 bridgehead atoms. The van der Waals surface area contributed by atoms with Crippen molar-refractivity contribution < 1.29 is 13.6 Å². The monoisotopic (exact) mass is 407 g/mol. The second-order valence-electron chi connectivity index (χ2n) is 6.84. The summed E-state index contributed by atoms with van der Waals surface area (Å²) in [6.45, 7) is 0. The van der Waals surface area contributed by atoms with Gasteiger partial charge in [0.05, 0.1) is 6.26 Å². The molecule has 0 saturated heterocycles. The van der Waals surface area contributed by atoms with Gasteiger partial charge in [0.25, 0.3) is 11.8 Å². The van der Waals surface area contributed by atoms with Crippen LogP contribution >= 0.6 is 0 Å². The van der Waals surface area contributed by atoms with E-state index in [0.717, 1.165) is 22.3 Å². The predicted octanol–water partition coefficient (Wildman–Crippen LogP) is 5.92. The molecule has 0 fully saturated rings. The maximum absolute atomic E-state index is 12.8. The van der Waals surface area contributed by atoms with Gasteiger partial charge in [0, 0.05) is 5.56 Å². The maximum Gasteiger partial charge on any atom is 0.322 e. The van der Waals surface area contributed by atoms with Crippen LogP contribution in [0.3, 0.4) is 0 Å². The van der Waals surface area contributed by atoms with Gasteiger partial charge in [0.1, 0.15) is 0 Å². The molecule has 1 amide bonds. The Kier molecular flexibility index (Phi) is 4.86. The van der Waals surface area contributed by atoms with Crippen molar-refractivity contribution in [3.05, 3.63) is 103 Å². The highest BCUT2D eigenvalue weighted by molar-refractivity contribution is 6.04. The first-order chi connectivity index (χ1) is 15.3. The van der Waals surface area contributed by atoms with Gasteiger partial charge in [-0.3, -0.25) is 10.1 Å². The van der Waals surface area contributed by atoms with E-state index >= 15 is 0 Å². The molecular formula is C25H17N3O3. The molecule has 0 spiro atoms. The maximum atomic E-state index is 12.8. The fourth-order valence-electron chi connectivity index (χ4n) is 3.38. The number of carbonyl (C=O) groups is 1. The lowest BCUT2D eigenvalue weighted by Gasteiger charge is -2.11. The lowest BCUT2D eigenvalue weighted by molar-refractivity contribution is 0.102. The largest absolute Gasteiger partial charge is 0.459 e. The Hall–Kier alpha value is -4.45. The van der Waals surface area contributed by atoms with E-state index in [1.54, 1.807) is 18.2 Å². The van der Waals surface area contributed by atoms with Crippen LogP contribution in [0.15, 0.2) is 106 Å². The SMILES string of the molecule is O=C(Nc1nnc(-c2ccco2)o1)c1cccc(-c2ccccc2-c2ccccc2)c1. The summed E-state index contributed by atoms with van der Waals surface area (Å²) in [5.41, 5.74) is 4.68. The molecule has 150 valence electrons. The number of furan rings is 1. The molecule has 0 aliphatic rings. The molecule has 2 aromatic heterocycles. The summed E-state index contributed by atoms with van der Waals surface area (Å²) in [4.78, 5) is 12.8. The van der Waals surface area contributed by atoms with Crippen molar-refractivity contribution in [2.24, 2.45) is 0 Å². The van der Waals surface area contributed by atoms with Gasteiger partial charge >= 0.3 is 6.01 Å². The fraction of sp³-hybridized carbons (Fsp3) is 0. The summed E-state index contributed by atoms with van der Waals surface area (Å²) < 4.78 is 10.7. The van der Waals surface area contributed by atoms with Gasteiger partial charge in [0.2, 0.25) is 0 Å². The topological polar surface area (TPSA) is 81.2 Å². The summed E-state index contributed by atoms with van der Waals surface area (Å²) in [6.07, 6.45) is 1.51. The van der Waals surface area contributed by atoms with Crippen LogP contribution in [0.2, 0.25) is 0 Å². The number of nitrogens with zero attached hydrogens (tertiary/aromatic N) is 2. The number of benzene rings is 3. The van der Waals surface area contributed by atoms with Crippen molar-refractivity contribution in [3.63, 3.8) is 0 Å². The molecule has 0 saturated carbocycles. The van der Waals surface area contributed by atoms with E-state index < -0.39 is 0 Å². The number of aromatic nitrogens is 2. The smallest absolute Gasteiger partial charge is 0.322 e. The van der Waals surface area contributed by atoms with Crippen LogP contribution in [-0.4, -0.2) is 16.1 Å². The van der Waals surface area contributed by atoms with Gasteiger partial charge in [-0.1, -0.05) is 71.8 Å². The molecule has 3 aromatic carbocycles. The molecule has 31 heavy (non-hydrogen) atoms. The molecule has 5 aromatic rings. The number of hydrogen-bond acceptors (Lipinski definition) is 5. The van der Waals surface area contributed by atoms with Crippen molar-refractivity contribution in [2.75, 3.05) is 5.32 Å². The molecule has 1 N–H and O–H groups in total. The summed E-state index contributed by atoms with van der Waals surface area (Å²) >= 11 is 0. The standard InChI is InChI=1S/C25H17N3O3/c29-23(26-25-28-27-24(31-25)22-14-7-15-30-22)19-11-6-10-18(16-19)21-13-5-4-12-20(21)17-8-2-1-3-9-17/h1-16H,(H,26,28,29). The fourth-order valence-corrected chi connectivity index (χ4v) is 3.38. The second-order valence-corrected chi connectivity index (χ2v) is 6.84. The third-order valence-electron chi connectivity index (χ3n) is 4.83. The highest BCUT2D eigenvalue weighted by atomic mass is 16.4. The van der Waals surface area contributed by atoms with E-state index in [-0.39, 0.29) is 17.8 Å². The number of rotatable bonds is 5. The van der Waals surface area contributed by atoms with Gasteiger partial charge in [-0.05, 0) is 46.5 Å². The number of hydrogen-bond donors (Lipinski definition) is 1. The highest BCUT2D eigenvalue weighted by Gasteiger charge is 2.15. The summed E-state index contributed by atoms with van der Waals surface area (Å²) in [5, 5.41) is 10.4. The van der Waals surface area contributed by atoms with Gasteiger partial charge in [0.15, 0.2) is 5.76 Å².